The van der Waals surface area contributed by atoms with Crippen LogP contribution in [0, 0.1) is 0 Å². The molecule has 24 heavy (non-hydrogen) atoms. The van der Waals surface area contributed by atoms with Crippen molar-refractivity contribution >= 4 is 5.97 Å². The van der Waals surface area contributed by atoms with Gasteiger partial charge in [-0.25, -0.2) is 0 Å². The Morgan fingerprint density at radius 3 is 1.62 bits per heavy atom. The van der Waals surface area contributed by atoms with Crippen LogP contribution < -0.4 is 12.4 Å². The third-order valence-corrected chi connectivity index (χ3v) is 4.74. The number of esters is 1. The monoisotopic (exact) mass is 363 g/mol. The average molecular weight is 364 g/mol. The molecule has 0 atom stereocenters. The van der Waals surface area contributed by atoms with E-state index >= 15 is 0 Å². The number of carbonyl (C=O) groups is 1. The summed E-state index contributed by atoms with van der Waals surface area (Å²) in [7, 11) is 6.23. The lowest BCUT2D eigenvalue weighted by molar-refractivity contribution is -0.890. The Bertz CT molecular complexity index is 283. The lowest BCUT2D eigenvalue weighted by atomic mass is 10.1. The predicted molar refractivity (Wildman–Crippen MR) is 99.6 cm³/mol. The summed E-state index contributed by atoms with van der Waals surface area (Å²) in [5, 5.41) is 0. The van der Waals surface area contributed by atoms with Crippen LogP contribution in [-0.4, -0.2) is 44.7 Å². The summed E-state index contributed by atoms with van der Waals surface area (Å²) in [6, 6.07) is 0. The zero-order valence-electron chi connectivity index (χ0n) is 16.7. The second-order valence-electron chi connectivity index (χ2n) is 7.60. The summed E-state index contributed by atoms with van der Waals surface area (Å²) in [6.07, 6.45) is 16.3. The van der Waals surface area contributed by atoms with Gasteiger partial charge in [0.1, 0.15) is 0 Å². The van der Waals surface area contributed by atoms with Crippen LogP contribution in [0.3, 0.4) is 0 Å². The van der Waals surface area contributed by atoms with Gasteiger partial charge in [0.15, 0.2) is 0 Å². The molecule has 0 unspecified atom stereocenters. The number of quaternary nitrogens is 1. The number of hydrogen-bond donors (Lipinski definition) is 0. The number of carbonyl (C=O) groups excluding carboxylic acids is 1. The predicted octanol–water partition coefficient (Wildman–Crippen LogP) is 2.33. The van der Waals surface area contributed by atoms with E-state index in [4.69, 9.17) is 0 Å². The maximum atomic E-state index is 11.0. The Labute approximate surface area is 157 Å². The van der Waals surface area contributed by atoms with Crippen molar-refractivity contribution in [3.63, 3.8) is 0 Å². The molecule has 0 spiro atoms. The van der Waals surface area contributed by atoms with Crippen LogP contribution >= 0.6 is 0 Å². The third-order valence-electron chi connectivity index (χ3n) is 4.74. The second-order valence-corrected chi connectivity index (χ2v) is 7.60. The molecule has 3 nitrogen and oxygen atoms in total. The summed E-state index contributed by atoms with van der Waals surface area (Å²) in [4.78, 5) is 11.0. The van der Waals surface area contributed by atoms with Crippen LogP contribution in [0.2, 0.25) is 0 Å². The van der Waals surface area contributed by atoms with Gasteiger partial charge in [-0.2, -0.15) is 0 Å². The van der Waals surface area contributed by atoms with Crippen molar-refractivity contribution in [1.29, 1.82) is 0 Å². The van der Waals surface area contributed by atoms with E-state index in [1.807, 2.05) is 0 Å². The molecule has 146 valence electrons. The summed E-state index contributed by atoms with van der Waals surface area (Å²) in [5.41, 5.74) is 0. The van der Waals surface area contributed by atoms with Crippen molar-refractivity contribution in [2.75, 3.05) is 34.3 Å². The largest absolute Gasteiger partial charge is 1.00 e. The molecule has 0 aromatic carbocycles. The fourth-order valence-electron chi connectivity index (χ4n) is 3.05. The van der Waals surface area contributed by atoms with Gasteiger partial charge >= 0.3 is 5.97 Å². The summed E-state index contributed by atoms with van der Waals surface area (Å²) < 4.78 is 5.84. The molecule has 0 N–H and O–H groups in total. The van der Waals surface area contributed by atoms with Crippen LogP contribution in [0.1, 0.15) is 90.4 Å². The highest BCUT2D eigenvalue weighted by Crippen LogP contribution is 2.12. The van der Waals surface area contributed by atoms with Crippen LogP contribution in [0.25, 0.3) is 0 Å². The van der Waals surface area contributed by atoms with Gasteiger partial charge in [0.25, 0.3) is 0 Å². The zero-order valence-corrected chi connectivity index (χ0v) is 17.5. The average Bonchev–Trinajstić information content (AvgIpc) is 2.53. The molecule has 0 aromatic heterocycles. The minimum absolute atomic E-state index is 0. The fraction of sp³-hybridized carbons (Fsp3) is 0.950. The van der Waals surface area contributed by atoms with Gasteiger partial charge in [-0.05, 0) is 32.1 Å². The first-order valence-electron chi connectivity index (χ1n) is 9.90. The van der Waals surface area contributed by atoms with E-state index < -0.39 is 0 Å². The maximum Gasteiger partial charge on any atom is 0.305 e. The third kappa shape index (κ3) is 18.1. The Morgan fingerprint density at radius 1 is 0.750 bits per heavy atom. The van der Waals surface area contributed by atoms with Crippen molar-refractivity contribution < 1.29 is 26.4 Å². The highest BCUT2D eigenvalue weighted by atomic mass is 35.5. The van der Waals surface area contributed by atoms with Gasteiger partial charge in [0.05, 0.1) is 34.3 Å². The van der Waals surface area contributed by atoms with Crippen LogP contribution in [0.5, 0.6) is 0 Å². The molecule has 0 heterocycles. The highest BCUT2D eigenvalue weighted by Gasteiger charge is 2.13. The first kappa shape index (κ1) is 26.0. The van der Waals surface area contributed by atoms with Crippen molar-refractivity contribution in [2.24, 2.45) is 0 Å². The van der Waals surface area contributed by atoms with Gasteiger partial charge in [-0.15, -0.1) is 0 Å². The molecule has 0 aromatic rings. The highest BCUT2D eigenvalue weighted by molar-refractivity contribution is 5.68. The molecule has 4 heteroatoms. The van der Waals surface area contributed by atoms with Gasteiger partial charge in [-0.1, -0.05) is 51.9 Å². The van der Waals surface area contributed by atoms with E-state index in [1.165, 1.54) is 88.9 Å². The van der Waals surface area contributed by atoms with Crippen LogP contribution in [0.15, 0.2) is 0 Å². The second kappa shape index (κ2) is 17.5. The normalized spacial score (nSPS) is 11.2. The minimum Gasteiger partial charge on any atom is -1.00 e. The molecule has 0 saturated heterocycles. The minimum atomic E-state index is -0.0690. The van der Waals surface area contributed by atoms with Crippen molar-refractivity contribution in [1.82, 2.24) is 0 Å². The molecule has 0 aliphatic carbocycles. The Morgan fingerprint density at radius 2 is 1.17 bits per heavy atom. The summed E-state index contributed by atoms with van der Waals surface area (Å²) >= 11 is 0. The fourth-order valence-corrected chi connectivity index (χ4v) is 3.05. The molecule has 0 radical (unpaired) electrons. The van der Waals surface area contributed by atoms with E-state index in [9.17, 15) is 4.79 Å². The molecular formula is C20H42ClNO2. The summed E-state index contributed by atoms with van der Waals surface area (Å²) in [6.45, 7) is 4.94. The Hall–Kier alpha value is -0.280. The van der Waals surface area contributed by atoms with E-state index in [1.54, 1.807) is 0 Å². The maximum absolute atomic E-state index is 11.0. The topological polar surface area (TPSA) is 26.3 Å². The number of methoxy groups -OCH3 is 1. The van der Waals surface area contributed by atoms with Gasteiger partial charge in [0, 0.05) is 6.42 Å². The standard InChI is InChI=1S/C20H42NO2.ClH/c1-5-6-7-15-18-21(2,3)19-16-13-11-9-8-10-12-14-17-20(22)23-4;/h5-19H2,1-4H3;1H/q+1;/p-1. The molecule has 0 bridgehead atoms. The Kier molecular flexibility index (Phi) is 19.0. The molecule has 0 fully saturated rings. The first-order valence-corrected chi connectivity index (χ1v) is 9.90. The van der Waals surface area contributed by atoms with Crippen LogP contribution in [-0.2, 0) is 9.53 Å². The van der Waals surface area contributed by atoms with Crippen LogP contribution in [0.4, 0.5) is 0 Å². The first-order chi connectivity index (χ1) is 11.0. The van der Waals surface area contributed by atoms with Gasteiger partial charge in [-0.3, -0.25) is 4.79 Å². The van der Waals surface area contributed by atoms with E-state index in [2.05, 4.69) is 25.8 Å². The molecular weight excluding hydrogens is 322 g/mol. The number of halogens is 1. The van der Waals surface area contributed by atoms with E-state index in [0.29, 0.717) is 6.42 Å². The molecule has 0 aliphatic rings. The number of hydrogen-bond acceptors (Lipinski definition) is 2. The summed E-state index contributed by atoms with van der Waals surface area (Å²) in [5.74, 6) is -0.0690. The smallest absolute Gasteiger partial charge is 0.305 e. The van der Waals surface area contributed by atoms with Crippen molar-refractivity contribution in [2.45, 2.75) is 90.4 Å². The van der Waals surface area contributed by atoms with E-state index in [-0.39, 0.29) is 18.4 Å². The van der Waals surface area contributed by atoms with Gasteiger partial charge in [0.2, 0.25) is 0 Å². The molecule has 0 saturated carbocycles. The van der Waals surface area contributed by atoms with Crippen molar-refractivity contribution in [3.8, 4) is 0 Å². The number of ether oxygens (including phenoxy) is 1. The number of rotatable bonds is 16. The quantitative estimate of drug-likeness (QED) is 0.239. The van der Waals surface area contributed by atoms with E-state index in [0.717, 1.165) is 12.8 Å². The number of unbranched alkanes of at least 4 members (excludes halogenated alkanes) is 10. The Balaban J connectivity index is 0. The lowest BCUT2D eigenvalue weighted by Crippen LogP contribution is -3.00. The number of nitrogens with zero attached hydrogens (tertiary/aromatic N) is 1. The van der Waals surface area contributed by atoms with Gasteiger partial charge < -0.3 is 21.6 Å². The zero-order chi connectivity index (χ0) is 17.4. The SMILES string of the molecule is CCCCCC[N+](C)(C)CCCCCCCCCCC(=O)OC.[Cl-]. The van der Waals surface area contributed by atoms with Crippen molar-refractivity contribution in [3.05, 3.63) is 0 Å². The molecule has 0 aliphatic heterocycles. The molecule has 0 amide bonds. The lowest BCUT2D eigenvalue weighted by Gasteiger charge is -2.30. The molecule has 0 rings (SSSR count).